The Morgan fingerprint density at radius 3 is 2.19 bits per heavy atom. The highest BCUT2D eigenvalue weighted by Gasteiger charge is 2.16. The van der Waals surface area contributed by atoms with Crippen molar-refractivity contribution in [2.75, 3.05) is 26.2 Å². The van der Waals surface area contributed by atoms with Gasteiger partial charge in [-0.05, 0) is 24.3 Å². The number of carbonyl (C=O) groups excluding carboxylic acids is 3. The van der Waals surface area contributed by atoms with Crippen molar-refractivity contribution >= 4 is 23.7 Å². The molecule has 0 heterocycles. The van der Waals surface area contributed by atoms with Gasteiger partial charge in [0.1, 0.15) is 5.75 Å². The monoisotopic (exact) mass is 295 g/mol. The number of hydrogen-bond donors (Lipinski definition) is 0. The molecular formula is C14H17NO6. The second kappa shape index (κ2) is 7.88. The highest BCUT2D eigenvalue weighted by Crippen LogP contribution is 2.18. The first-order chi connectivity index (χ1) is 9.97. The molecule has 7 nitrogen and oxygen atoms in total. The number of esters is 1. The van der Waals surface area contributed by atoms with E-state index in [0.29, 0.717) is 11.4 Å². The number of hydrogen-bond acceptors (Lipinski definition) is 6. The number of benzene rings is 1. The molecule has 0 spiro atoms. The average molecular weight is 295 g/mol. The van der Waals surface area contributed by atoms with E-state index in [2.05, 4.69) is 9.47 Å². The minimum absolute atomic E-state index is 0.0711. The van der Waals surface area contributed by atoms with Crippen molar-refractivity contribution in [3.05, 3.63) is 24.3 Å². The summed E-state index contributed by atoms with van der Waals surface area (Å²) in [6.07, 6.45) is -1.36. The minimum atomic E-state index is -1.09. The number of amides is 1. The van der Waals surface area contributed by atoms with E-state index in [0.717, 1.165) is 7.11 Å². The molecule has 0 N–H and O–H groups in total. The van der Waals surface area contributed by atoms with E-state index >= 15 is 0 Å². The fraction of sp³-hybridized carbons (Fsp3) is 0.357. The second-order valence-electron chi connectivity index (χ2n) is 4.08. The Labute approximate surface area is 122 Å². The molecule has 21 heavy (non-hydrogen) atoms. The maximum absolute atomic E-state index is 11.9. The van der Waals surface area contributed by atoms with E-state index in [4.69, 9.17) is 4.74 Å². The normalized spacial score (nSPS) is 9.67. The van der Waals surface area contributed by atoms with Crippen LogP contribution in [0.4, 0.5) is 10.5 Å². The van der Waals surface area contributed by atoms with Crippen molar-refractivity contribution < 1.29 is 28.6 Å². The third-order valence-corrected chi connectivity index (χ3v) is 2.74. The second-order valence-corrected chi connectivity index (χ2v) is 4.08. The van der Waals surface area contributed by atoms with Gasteiger partial charge in [-0.3, -0.25) is 9.59 Å². The van der Waals surface area contributed by atoms with Gasteiger partial charge in [-0.2, -0.15) is 0 Å². The number of methoxy groups -OCH3 is 2. The van der Waals surface area contributed by atoms with E-state index in [1.54, 1.807) is 38.4 Å². The van der Waals surface area contributed by atoms with Crippen LogP contribution in [0.25, 0.3) is 0 Å². The number of anilines is 1. The number of ether oxygens (including phenoxy) is 3. The van der Waals surface area contributed by atoms with Crippen LogP contribution in [0.2, 0.25) is 0 Å². The lowest BCUT2D eigenvalue weighted by Gasteiger charge is -2.17. The third kappa shape index (κ3) is 5.13. The summed E-state index contributed by atoms with van der Waals surface area (Å²) in [5.41, 5.74) is 0.669. The molecule has 0 atom stereocenters. The van der Waals surface area contributed by atoms with Crippen LogP contribution in [0.5, 0.6) is 5.75 Å². The summed E-state index contributed by atoms with van der Waals surface area (Å²) in [5, 5.41) is 0. The van der Waals surface area contributed by atoms with E-state index in [-0.39, 0.29) is 18.7 Å². The van der Waals surface area contributed by atoms with Crippen molar-refractivity contribution in [3.63, 3.8) is 0 Å². The Morgan fingerprint density at radius 2 is 1.67 bits per heavy atom. The summed E-state index contributed by atoms with van der Waals surface area (Å²) in [5.74, 6) is -0.401. The minimum Gasteiger partial charge on any atom is -0.497 e. The van der Waals surface area contributed by atoms with Crippen molar-refractivity contribution in [1.82, 2.24) is 0 Å². The summed E-state index contributed by atoms with van der Waals surface area (Å²) in [7, 11) is 4.24. The first kappa shape index (κ1) is 16.5. The lowest BCUT2D eigenvalue weighted by molar-refractivity contribution is -0.140. The van der Waals surface area contributed by atoms with Crippen LogP contribution in [0.15, 0.2) is 24.3 Å². The van der Waals surface area contributed by atoms with Crippen molar-refractivity contribution in [3.8, 4) is 5.75 Å². The SMILES string of the molecule is COC(=O)OC(=O)CCC(=O)N(C)c1ccc(OC)cc1. The molecule has 0 saturated carbocycles. The first-order valence-electron chi connectivity index (χ1n) is 6.17. The van der Waals surface area contributed by atoms with E-state index < -0.39 is 12.1 Å². The Hall–Kier alpha value is -2.57. The predicted octanol–water partition coefficient (Wildman–Crippen LogP) is 1.75. The average Bonchev–Trinajstić information content (AvgIpc) is 2.51. The predicted molar refractivity (Wildman–Crippen MR) is 74.1 cm³/mol. The van der Waals surface area contributed by atoms with Gasteiger partial charge in [-0.1, -0.05) is 0 Å². The maximum atomic E-state index is 11.9. The topological polar surface area (TPSA) is 82.1 Å². The van der Waals surface area contributed by atoms with Gasteiger partial charge >= 0.3 is 12.1 Å². The summed E-state index contributed by atoms with van der Waals surface area (Å²) >= 11 is 0. The van der Waals surface area contributed by atoms with Crippen LogP contribution in [0, 0.1) is 0 Å². The number of nitrogens with zero attached hydrogens (tertiary/aromatic N) is 1. The van der Waals surface area contributed by atoms with Crippen LogP contribution in [0.3, 0.4) is 0 Å². The quantitative estimate of drug-likeness (QED) is 0.608. The molecule has 1 rings (SSSR count). The van der Waals surface area contributed by atoms with Crippen LogP contribution >= 0.6 is 0 Å². The van der Waals surface area contributed by atoms with E-state index in [9.17, 15) is 14.4 Å². The zero-order valence-corrected chi connectivity index (χ0v) is 12.1. The maximum Gasteiger partial charge on any atom is 0.515 e. The third-order valence-electron chi connectivity index (χ3n) is 2.74. The first-order valence-corrected chi connectivity index (χ1v) is 6.17. The highest BCUT2D eigenvalue weighted by molar-refractivity contribution is 5.95. The molecule has 0 fully saturated rings. The summed E-state index contributed by atoms with van der Waals surface area (Å²) < 4.78 is 13.5. The van der Waals surface area contributed by atoms with Gasteiger partial charge < -0.3 is 19.1 Å². The number of carbonyl (C=O) groups is 3. The molecule has 0 aromatic heterocycles. The van der Waals surface area contributed by atoms with Crippen molar-refractivity contribution in [1.29, 1.82) is 0 Å². The summed E-state index contributed by atoms with van der Waals surface area (Å²) in [6, 6.07) is 6.91. The molecule has 114 valence electrons. The molecule has 0 saturated heterocycles. The molecule has 7 heteroatoms. The molecule has 1 aromatic rings. The fourth-order valence-electron chi connectivity index (χ4n) is 1.51. The molecular weight excluding hydrogens is 278 g/mol. The van der Waals surface area contributed by atoms with Gasteiger partial charge in [0.2, 0.25) is 5.91 Å². The van der Waals surface area contributed by atoms with Crippen LogP contribution in [-0.2, 0) is 19.1 Å². The zero-order chi connectivity index (χ0) is 15.8. The smallest absolute Gasteiger partial charge is 0.497 e. The molecule has 0 bridgehead atoms. The lowest BCUT2D eigenvalue weighted by Crippen LogP contribution is -2.27. The summed E-state index contributed by atoms with van der Waals surface area (Å²) in [4.78, 5) is 35.3. The van der Waals surface area contributed by atoms with Crippen LogP contribution < -0.4 is 9.64 Å². The van der Waals surface area contributed by atoms with Gasteiger partial charge in [0, 0.05) is 19.2 Å². The lowest BCUT2D eigenvalue weighted by atomic mass is 10.2. The van der Waals surface area contributed by atoms with Gasteiger partial charge in [0.25, 0.3) is 0 Å². The van der Waals surface area contributed by atoms with Crippen molar-refractivity contribution in [2.24, 2.45) is 0 Å². The molecule has 1 amide bonds. The Bertz CT molecular complexity index is 511. The highest BCUT2D eigenvalue weighted by atomic mass is 16.7. The molecule has 0 aliphatic heterocycles. The Kier molecular flexibility index (Phi) is 6.19. The van der Waals surface area contributed by atoms with E-state index in [1.165, 1.54) is 4.90 Å². The van der Waals surface area contributed by atoms with Crippen LogP contribution in [-0.4, -0.2) is 39.3 Å². The molecule has 0 radical (unpaired) electrons. The number of rotatable bonds is 5. The van der Waals surface area contributed by atoms with Crippen LogP contribution in [0.1, 0.15) is 12.8 Å². The standard InChI is InChI=1S/C14H17NO6/c1-15(10-4-6-11(19-2)7-5-10)12(16)8-9-13(17)21-14(18)20-3/h4-7H,8-9H2,1-3H3. The Balaban J connectivity index is 2.50. The largest absolute Gasteiger partial charge is 0.515 e. The van der Waals surface area contributed by atoms with Gasteiger partial charge in [-0.25, -0.2) is 4.79 Å². The van der Waals surface area contributed by atoms with Gasteiger partial charge in [-0.15, -0.1) is 0 Å². The Morgan fingerprint density at radius 1 is 1.05 bits per heavy atom. The fourth-order valence-corrected chi connectivity index (χ4v) is 1.51. The van der Waals surface area contributed by atoms with E-state index in [1.807, 2.05) is 0 Å². The molecule has 1 aromatic carbocycles. The summed E-state index contributed by atoms with van der Waals surface area (Å²) in [6.45, 7) is 0. The van der Waals surface area contributed by atoms with Crippen molar-refractivity contribution in [2.45, 2.75) is 12.8 Å². The van der Waals surface area contributed by atoms with Gasteiger partial charge in [0.15, 0.2) is 0 Å². The zero-order valence-electron chi connectivity index (χ0n) is 12.1. The van der Waals surface area contributed by atoms with Gasteiger partial charge in [0.05, 0.1) is 20.6 Å². The molecule has 0 aliphatic rings. The molecule has 0 unspecified atom stereocenters. The molecule has 0 aliphatic carbocycles.